The molecule has 0 aliphatic heterocycles. The molecular formula is C34H60O4. The highest BCUT2D eigenvalue weighted by molar-refractivity contribution is 5.56. The summed E-state index contributed by atoms with van der Waals surface area (Å²) in [5.41, 5.74) is 2.60. The van der Waals surface area contributed by atoms with Gasteiger partial charge in [-0.1, -0.05) is 91.7 Å². The Hall–Kier alpha value is -1.03. The van der Waals surface area contributed by atoms with Crippen LogP contribution < -0.4 is 0 Å². The molecule has 2 N–H and O–H groups in total. The van der Waals surface area contributed by atoms with E-state index in [0.717, 1.165) is 74.0 Å². The first-order valence-corrected chi connectivity index (χ1v) is 16.3. The van der Waals surface area contributed by atoms with Gasteiger partial charge in [0.15, 0.2) is 0 Å². The van der Waals surface area contributed by atoms with Gasteiger partial charge in [0, 0.05) is 0 Å². The van der Waals surface area contributed by atoms with Crippen LogP contribution in [0.1, 0.15) is 138 Å². The van der Waals surface area contributed by atoms with Gasteiger partial charge in [-0.3, -0.25) is 0 Å². The Morgan fingerprint density at radius 3 is 2.45 bits per heavy atom. The maximum atomic E-state index is 10.2. The van der Waals surface area contributed by atoms with Crippen LogP contribution in [0.25, 0.3) is 0 Å². The molecule has 38 heavy (non-hydrogen) atoms. The number of aliphatic hydroxyl groups excluding tert-OH is 1. The highest BCUT2D eigenvalue weighted by Gasteiger charge is 2.59. The molecule has 0 saturated heterocycles. The minimum absolute atomic E-state index is 0.0766. The third-order valence-electron chi connectivity index (χ3n) is 11.5. The van der Waals surface area contributed by atoms with Gasteiger partial charge < -0.3 is 14.9 Å². The van der Waals surface area contributed by atoms with Crippen LogP contribution in [-0.4, -0.2) is 29.1 Å². The molecule has 0 aromatic carbocycles. The monoisotopic (exact) mass is 532 g/mol. The summed E-state index contributed by atoms with van der Waals surface area (Å²) >= 11 is 0. The highest BCUT2D eigenvalue weighted by atomic mass is 16.7. The average Bonchev–Trinajstić information content (AvgIpc) is 3.21. The van der Waals surface area contributed by atoms with E-state index in [2.05, 4.69) is 52.4 Å². The van der Waals surface area contributed by atoms with Crippen molar-refractivity contribution in [2.24, 2.45) is 46.3 Å². The smallest absolute Gasteiger partial charge is 0.450 e. The lowest BCUT2D eigenvalue weighted by molar-refractivity contribution is -0.0573. The van der Waals surface area contributed by atoms with Crippen molar-refractivity contribution in [2.75, 3.05) is 6.61 Å². The zero-order valence-corrected chi connectivity index (χ0v) is 25.6. The Morgan fingerprint density at radius 2 is 1.76 bits per heavy atom. The minimum Gasteiger partial charge on any atom is -0.450 e. The molecule has 4 rings (SSSR count). The van der Waals surface area contributed by atoms with Gasteiger partial charge in [0.1, 0.15) is 0 Å². The van der Waals surface area contributed by atoms with Crippen LogP contribution in [0, 0.1) is 46.3 Å². The maximum Gasteiger partial charge on any atom is 0.505 e. The molecule has 3 fully saturated rings. The highest BCUT2D eigenvalue weighted by Crippen LogP contribution is 2.67. The fourth-order valence-corrected chi connectivity index (χ4v) is 9.35. The fourth-order valence-electron chi connectivity index (χ4n) is 9.35. The van der Waals surface area contributed by atoms with Gasteiger partial charge >= 0.3 is 6.16 Å². The SMILES string of the molecule is CC(C)CCC[C@@H](C)[C@H]1CC[C@H]2[C@@H]3CC=C4C[C@@H](O)CC[C@]4(C)[C@H]3CC[C@]12C.CCCCCCOC(=O)O. The quantitative estimate of drug-likeness (QED) is 0.167. The molecule has 4 aliphatic rings. The van der Waals surface area contributed by atoms with Gasteiger partial charge in [0.2, 0.25) is 0 Å². The first-order chi connectivity index (χ1) is 18.0. The fraction of sp³-hybridized carbons (Fsp3) is 0.912. The Bertz CT molecular complexity index is 774. The number of hydrogen-bond acceptors (Lipinski definition) is 3. The number of aliphatic hydroxyl groups is 1. The lowest BCUT2D eigenvalue weighted by atomic mass is 9.47. The lowest BCUT2D eigenvalue weighted by Gasteiger charge is -2.58. The molecule has 0 unspecified atom stereocenters. The van der Waals surface area contributed by atoms with E-state index in [-0.39, 0.29) is 6.10 Å². The largest absolute Gasteiger partial charge is 0.505 e. The molecule has 0 radical (unpaired) electrons. The van der Waals surface area contributed by atoms with E-state index in [0.29, 0.717) is 17.4 Å². The molecular weight excluding hydrogens is 472 g/mol. The van der Waals surface area contributed by atoms with Crippen LogP contribution in [-0.2, 0) is 4.74 Å². The summed E-state index contributed by atoms with van der Waals surface area (Å²) < 4.78 is 4.31. The zero-order chi connectivity index (χ0) is 27.9. The average molecular weight is 533 g/mol. The van der Waals surface area contributed by atoms with Crippen LogP contribution in [0.3, 0.4) is 0 Å². The van der Waals surface area contributed by atoms with Crippen molar-refractivity contribution in [3.63, 3.8) is 0 Å². The number of rotatable bonds is 10. The molecule has 220 valence electrons. The van der Waals surface area contributed by atoms with E-state index >= 15 is 0 Å². The van der Waals surface area contributed by atoms with Crippen molar-refractivity contribution in [2.45, 2.75) is 144 Å². The van der Waals surface area contributed by atoms with E-state index in [1.807, 2.05) is 0 Å². The summed E-state index contributed by atoms with van der Waals surface area (Å²) in [7, 11) is 0. The van der Waals surface area contributed by atoms with E-state index in [4.69, 9.17) is 5.11 Å². The minimum atomic E-state index is -1.17. The zero-order valence-electron chi connectivity index (χ0n) is 25.6. The standard InChI is InChI=1S/C27H46O.C7H14O3/c1-18(2)7-6-8-19(3)23-11-12-24-22-10-9-20-17-21(28)13-15-26(20,4)25(22)14-16-27(23,24)5;1-2-3-4-5-6-10-7(8)9/h9,18-19,21-25,28H,6-8,10-17H2,1-5H3;2-6H2,1H3,(H,8,9)/t19-,21+,22+,23-,24+,25+,26+,27-;/m1./s1. The van der Waals surface area contributed by atoms with E-state index in [1.54, 1.807) is 5.57 Å². The normalized spacial score (nSPS) is 36.7. The molecule has 4 heteroatoms. The summed E-state index contributed by atoms with van der Waals surface area (Å²) in [6, 6.07) is 0. The van der Waals surface area contributed by atoms with Crippen molar-refractivity contribution in [1.82, 2.24) is 0 Å². The second kappa shape index (κ2) is 14.0. The van der Waals surface area contributed by atoms with Crippen molar-refractivity contribution < 1.29 is 19.7 Å². The number of fused-ring (bicyclic) bond motifs is 5. The molecule has 0 aromatic rings. The van der Waals surface area contributed by atoms with Crippen LogP contribution >= 0.6 is 0 Å². The van der Waals surface area contributed by atoms with Crippen LogP contribution in [0.5, 0.6) is 0 Å². The number of carbonyl (C=O) groups is 1. The molecule has 0 bridgehead atoms. The molecule has 4 aliphatic carbocycles. The Balaban J connectivity index is 0.000000342. The van der Waals surface area contributed by atoms with Gasteiger partial charge in [-0.05, 0) is 104 Å². The topological polar surface area (TPSA) is 66.8 Å². The molecule has 4 nitrogen and oxygen atoms in total. The summed E-state index contributed by atoms with van der Waals surface area (Å²) in [4.78, 5) is 9.81. The van der Waals surface area contributed by atoms with Crippen molar-refractivity contribution >= 4 is 6.16 Å². The second-order valence-corrected chi connectivity index (χ2v) is 14.4. The third-order valence-corrected chi connectivity index (χ3v) is 11.5. The van der Waals surface area contributed by atoms with E-state index in [1.165, 1.54) is 57.8 Å². The molecule has 0 amide bonds. The number of unbranched alkanes of at least 4 members (excludes halogenated alkanes) is 3. The van der Waals surface area contributed by atoms with Crippen LogP contribution in [0.15, 0.2) is 11.6 Å². The van der Waals surface area contributed by atoms with Gasteiger partial charge in [0.05, 0.1) is 12.7 Å². The van der Waals surface area contributed by atoms with Gasteiger partial charge in [0.25, 0.3) is 0 Å². The number of ether oxygens (including phenoxy) is 1. The predicted molar refractivity (Wildman–Crippen MR) is 157 cm³/mol. The third kappa shape index (κ3) is 7.38. The molecule has 8 atom stereocenters. The summed E-state index contributed by atoms with van der Waals surface area (Å²) in [6.45, 7) is 15.0. The Labute approximate surface area is 234 Å². The van der Waals surface area contributed by atoms with Crippen molar-refractivity contribution in [3.05, 3.63) is 11.6 Å². The molecule has 3 saturated carbocycles. The van der Waals surface area contributed by atoms with Crippen molar-refractivity contribution in [1.29, 1.82) is 0 Å². The van der Waals surface area contributed by atoms with E-state index in [9.17, 15) is 9.90 Å². The first kappa shape index (κ1) is 31.5. The number of allylic oxidation sites excluding steroid dienone is 1. The first-order valence-electron chi connectivity index (χ1n) is 16.3. The molecule has 0 heterocycles. The lowest BCUT2D eigenvalue weighted by Crippen LogP contribution is -2.50. The molecule has 0 spiro atoms. The Morgan fingerprint density at radius 1 is 1.00 bits per heavy atom. The summed E-state index contributed by atoms with van der Waals surface area (Å²) in [6.07, 6.45) is 20.2. The number of carboxylic acid groups (broad SMARTS) is 1. The van der Waals surface area contributed by atoms with Crippen molar-refractivity contribution in [3.8, 4) is 0 Å². The molecule has 0 aromatic heterocycles. The van der Waals surface area contributed by atoms with Crippen LogP contribution in [0.4, 0.5) is 4.79 Å². The van der Waals surface area contributed by atoms with Gasteiger partial charge in [-0.15, -0.1) is 0 Å². The van der Waals surface area contributed by atoms with Gasteiger partial charge in [-0.2, -0.15) is 0 Å². The van der Waals surface area contributed by atoms with Gasteiger partial charge in [-0.25, -0.2) is 4.79 Å². The van der Waals surface area contributed by atoms with Crippen LogP contribution in [0.2, 0.25) is 0 Å². The summed E-state index contributed by atoms with van der Waals surface area (Å²) in [5, 5.41) is 18.3. The number of hydrogen-bond donors (Lipinski definition) is 2. The Kier molecular flexibility index (Phi) is 11.6. The summed E-state index contributed by atoms with van der Waals surface area (Å²) in [5.74, 6) is 5.46. The predicted octanol–water partition coefficient (Wildman–Crippen LogP) is 9.65. The van der Waals surface area contributed by atoms with E-state index < -0.39 is 6.16 Å². The second-order valence-electron chi connectivity index (χ2n) is 14.4. The maximum absolute atomic E-state index is 10.2.